The summed E-state index contributed by atoms with van der Waals surface area (Å²) in [5.74, 6) is 4.20. The predicted molar refractivity (Wildman–Crippen MR) is 183 cm³/mol. The SMILES string of the molecule is COc1ccc(C2CC2C(=O)c2cc(OC)ccc2OC)cc1.COc1ccc(OC)c(C(=O)C2CC2c2ccc(N(C)C)cc2)c1. The zero-order chi connectivity index (χ0) is 33.7. The average molecular weight is 638 g/mol. The van der Waals surface area contributed by atoms with Crippen molar-refractivity contribution in [1.82, 2.24) is 0 Å². The molecule has 246 valence electrons. The number of ether oxygens (including phenoxy) is 5. The number of hydrogen-bond acceptors (Lipinski definition) is 8. The maximum Gasteiger partial charge on any atom is 0.170 e. The zero-order valence-electron chi connectivity index (χ0n) is 28.1. The van der Waals surface area contributed by atoms with Gasteiger partial charge in [-0.25, -0.2) is 0 Å². The van der Waals surface area contributed by atoms with E-state index in [-0.39, 0.29) is 29.3 Å². The van der Waals surface area contributed by atoms with Crippen molar-refractivity contribution in [1.29, 1.82) is 0 Å². The maximum atomic E-state index is 12.9. The molecule has 2 aliphatic rings. The fourth-order valence-electron chi connectivity index (χ4n) is 5.99. The second-order valence-electron chi connectivity index (χ2n) is 12.0. The molecule has 0 radical (unpaired) electrons. The third-order valence-electron chi connectivity index (χ3n) is 8.98. The Morgan fingerprint density at radius 3 is 1.28 bits per heavy atom. The van der Waals surface area contributed by atoms with Crippen LogP contribution < -0.4 is 28.6 Å². The van der Waals surface area contributed by atoms with Crippen LogP contribution in [-0.4, -0.2) is 61.2 Å². The van der Waals surface area contributed by atoms with Crippen LogP contribution in [0.1, 0.15) is 56.5 Å². The Morgan fingerprint density at radius 1 is 0.532 bits per heavy atom. The van der Waals surface area contributed by atoms with Gasteiger partial charge in [0.1, 0.15) is 28.7 Å². The number of anilines is 1. The van der Waals surface area contributed by atoms with Crippen molar-refractivity contribution in [3.05, 3.63) is 107 Å². The second-order valence-corrected chi connectivity index (χ2v) is 12.0. The van der Waals surface area contributed by atoms with Gasteiger partial charge in [-0.05, 0) is 96.5 Å². The molecule has 4 aromatic carbocycles. The standard InChI is InChI=1S/C20H23NO3.C19H20O4/c1-21(2)14-7-5-13(6-8-14)16-12-17(16)20(22)18-11-15(23-3)9-10-19(18)24-4;1-21-13-6-4-12(5-7-13)15-11-16(15)19(20)17-10-14(22-2)8-9-18(17)23-3/h5-11,16-17H,12H2,1-4H3;4-10,15-16H,11H2,1-3H3. The molecule has 0 bridgehead atoms. The zero-order valence-corrected chi connectivity index (χ0v) is 28.1. The second kappa shape index (κ2) is 14.6. The smallest absolute Gasteiger partial charge is 0.170 e. The molecule has 0 amide bonds. The van der Waals surface area contributed by atoms with E-state index in [0.717, 1.165) is 24.3 Å². The molecule has 47 heavy (non-hydrogen) atoms. The van der Waals surface area contributed by atoms with E-state index in [9.17, 15) is 9.59 Å². The Morgan fingerprint density at radius 2 is 0.915 bits per heavy atom. The molecule has 6 rings (SSSR count). The minimum Gasteiger partial charge on any atom is -0.497 e. The molecule has 8 heteroatoms. The van der Waals surface area contributed by atoms with Crippen LogP contribution in [0.5, 0.6) is 28.7 Å². The van der Waals surface area contributed by atoms with E-state index >= 15 is 0 Å². The third-order valence-corrected chi connectivity index (χ3v) is 8.98. The summed E-state index contributed by atoms with van der Waals surface area (Å²) in [5.41, 5.74) is 4.76. The van der Waals surface area contributed by atoms with Gasteiger partial charge >= 0.3 is 0 Å². The van der Waals surface area contributed by atoms with E-state index in [1.54, 1.807) is 71.9 Å². The van der Waals surface area contributed by atoms with Gasteiger partial charge < -0.3 is 28.6 Å². The van der Waals surface area contributed by atoms with Crippen LogP contribution in [0.25, 0.3) is 0 Å². The van der Waals surface area contributed by atoms with E-state index in [1.165, 1.54) is 11.1 Å². The minimum atomic E-state index is 0.00408. The lowest BCUT2D eigenvalue weighted by Crippen LogP contribution is -2.08. The number of carbonyl (C=O) groups excluding carboxylic acids is 2. The highest BCUT2D eigenvalue weighted by Crippen LogP contribution is 2.51. The molecule has 0 saturated heterocycles. The van der Waals surface area contributed by atoms with Gasteiger partial charge in [0.25, 0.3) is 0 Å². The van der Waals surface area contributed by atoms with Crippen LogP contribution in [0, 0.1) is 11.8 Å². The number of hydrogen-bond donors (Lipinski definition) is 0. The molecular weight excluding hydrogens is 594 g/mol. The molecule has 4 aromatic rings. The molecule has 2 saturated carbocycles. The van der Waals surface area contributed by atoms with Crippen molar-refractivity contribution < 1.29 is 33.3 Å². The fourth-order valence-corrected chi connectivity index (χ4v) is 5.99. The highest BCUT2D eigenvalue weighted by molar-refractivity contribution is 6.03. The summed E-state index contributed by atoms with van der Waals surface area (Å²) in [6, 6.07) is 27.0. The Labute approximate surface area is 277 Å². The number of rotatable bonds is 12. The van der Waals surface area contributed by atoms with Crippen molar-refractivity contribution in [3.8, 4) is 28.7 Å². The van der Waals surface area contributed by atoms with E-state index in [0.29, 0.717) is 40.0 Å². The number of benzene rings is 4. The van der Waals surface area contributed by atoms with Gasteiger partial charge in [-0.2, -0.15) is 0 Å². The molecule has 0 heterocycles. The Bertz CT molecular complexity index is 1700. The molecular formula is C39H43NO7. The van der Waals surface area contributed by atoms with Gasteiger partial charge in [-0.1, -0.05) is 24.3 Å². The lowest BCUT2D eigenvalue weighted by atomic mass is 10.0. The molecule has 2 fully saturated rings. The maximum absolute atomic E-state index is 12.9. The van der Waals surface area contributed by atoms with Crippen molar-refractivity contribution >= 4 is 17.3 Å². The van der Waals surface area contributed by atoms with E-state index < -0.39 is 0 Å². The summed E-state index contributed by atoms with van der Waals surface area (Å²) >= 11 is 0. The van der Waals surface area contributed by atoms with Crippen LogP contribution in [0.3, 0.4) is 0 Å². The van der Waals surface area contributed by atoms with Crippen molar-refractivity contribution in [2.24, 2.45) is 11.8 Å². The highest BCUT2D eigenvalue weighted by Gasteiger charge is 2.45. The predicted octanol–water partition coefficient (Wildman–Crippen LogP) is 7.46. The van der Waals surface area contributed by atoms with Gasteiger partial charge in [-0.3, -0.25) is 9.59 Å². The van der Waals surface area contributed by atoms with E-state index in [1.807, 2.05) is 38.4 Å². The molecule has 4 atom stereocenters. The minimum absolute atomic E-state index is 0.00408. The number of Topliss-reactive ketones (excluding diaryl/α,β-unsaturated/α-hetero) is 2. The summed E-state index contributed by atoms with van der Waals surface area (Å²) in [7, 11) is 12.0. The number of methoxy groups -OCH3 is 5. The van der Waals surface area contributed by atoms with Crippen LogP contribution in [0.4, 0.5) is 5.69 Å². The first-order valence-electron chi connectivity index (χ1n) is 15.7. The normalized spacial score (nSPS) is 19.0. The first-order chi connectivity index (χ1) is 22.7. The number of carbonyl (C=O) groups is 2. The van der Waals surface area contributed by atoms with Crippen LogP contribution in [0.2, 0.25) is 0 Å². The van der Waals surface area contributed by atoms with Crippen molar-refractivity contribution in [2.45, 2.75) is 24.7 Å². The van der Waals surface area contributed by atoms with Gasteiger partial charge in [0.15, 0.2) is 11.6 Å². The van der Waals surface area contributed by atoms with Crippen molar-refractivity contribution in [2.75, 3.05) is 54.5 Å². The summed E-state index contributed by atoms with van der Waals surface area (Å²) in [6.45, 7) is 0. The summed E-state index contributed by atoms with van der Waals surface area (Å²) < 4.78 is 26.3. The Hall–Kier alpha value is -4.98. The Balaban J connectivity index is 0.000000185. The highest BCUT2D eigenvalue weighted by atomic mass is 16.5. The van der Waals surface area contributed by atoms with Crippen LogP contribution in [0.15, 0.2) is 84.9 Å². The number of nitrogens with zero attached hydrogens (tertiary/aromatic N) is 1. The van der Waals surface area contributed by atoms with Crippen molar-refractivity contribution in [3.63, 3.8) is 0 Å². The van der Waals surface area contributed by atoms with Crippen LogP contribution >= 0.6 is 0 Å². The van der Waals surface area contributed by atoms with Crippen LogP contribution in [-0.2, 0) is 0 Å². The first kappa shape index (κ1) is 33.4. The quantitative estimate of drug-likeness (QED) is 0.148. The monoisotopic (exact) mass is 637 g/mol. The Kier molecular flexibility index (Phi) is 10.4. The topological polar surface area (TPSA) is 83.5 Å². The summed E-state index contributed by atoms with van der Waals surface area (Å²) in [5, 5.41) is 0. The molecule has 8 nitrogen and oxygen atoms in total. The molecule has 4 unspecified atom stereocenters. The molecule has 0 aromatic heterocycles. The largest absolute Gasteiger partial charge is 0.497 e. The van der Waals surface area contributed by atoms with E-state index in [2.05, 4.69) is 29.2 Å². The van der Waals surface area contributed by atoms with Gasteiger partial charge in [0.05, 0.1) is 46.7 Å². The lowest BCUT2D eigenvalue weighted by Gasteiger charge is -2.13. The summed E-state index contributed by atoms with van der Waals surface area (Å²) in [4.78, 5) is 27.7. The molecule has 2 aliphatic carbocycles. The molecule has 0 N–H and O–H groups in total. The van der Waals surface area contributed by atoms with Gasteiger partial charge in [0, 0.05) is 31.6 Å². The molecule has 0 spiro atoms. The lowest BCUT2D eigenvalue weighted by molar-refractivity contribution is 0.0954. The molecule has 0 aliphatic heterocycles. The number of ketones is 2. The van der Waals surface area contributed by atoms with Gasteiger partial charge in [0.2, 0.25) is 0 Å². The first-order valence-corrected chi connectivity index (χ1v) is 15.7. The average Bonchev–Trinajstić information content (AvgIpc) is 4.06. The third kappa shape index (κ3) is 7.54. The van der Waals surface area contributed by atoms with Gasteiger partial charge in [-0.15, -0.1) is 0 Å². The van der Waals surface area contributed by atoms with E-state index in [4.69, 9.17) is 23.7 Å². The summed E-state index contributed by atoms with van der Waals surface area (Å²) in [6.07, 6.45) is 1.76. The fraction of sp³-hybridized carbons (Fsp3) is 0.333.